The van der Waals surface area contributed by atoms with E-state index in [-0.39, 0.29) is 47.3 Å². The molecule has 0 aromatic heterocycles. The highest BCUT2D eigenvalue weighted by molar-refractivity contribution is 7.80. The predicted molar refractivity (Wildman–Crippen MR) is 141 cm³/mol. The van der Waals surface area contributed by atoms with E-state index >= 15 is 0 Å². The molecule has 0 saturated carbocycles. The van der Waals surface area contributed by atoms with Gasteiger partial charge in [-0.15, -0.1) is 12.6 Å². The standard InChI is InChI=1S/C25H35N5O6S/c1-16(18-5-6-21(37)19(13-18)30(34)35)23(32)28-11-12-29(24(33)36-25(2,3)4)20(15-28)22(31)27-14-17-7-9-26-10-8-17/h5-6,13,17,20,26,37H,1,7-12,14-15H2,2-4H3,(H,27,31). The molecule has 3 rings (SSSR count). The molecule has 1 atom stereocenters. The monoisotopic (exact) mass is 533 g/mol. The lowest BCUT2D eigenvalue weighted by Gasteiger charge is -2.41. The van der Waals surface area contributed by atoms with E-state index in [1.54, 1.807) is 20.8 Å². The molecule has 37 heavy (non-hydrogen) atoms. The van der Waals surface area contributed by atoms with Crippen LogP contribution in [0.4, 0.5) is 10.5 Å². The highest BCUT2D eigenvalue weighted by Crippen LogP contribution is 2.28. The van der Waals surface area contributed by atoms with E-state index in [0.717, 1.165) is 25.9 Å². The van der Waals surface area contributed by atoms with Crippen LogP contribution in [0.1, 0.15) is 39.2 Å². The molecule has 1 unspecified atom stereocenters. The second-order valence-corrected chi connectivity index (χ2v) is 10.8. The molecule has 0 radical (unpaired) electrons. The zero-order chi connectivity index (χ0) is 27.3. The molecule has 2 N–H and O–H groups in total. The zero-order valence-corrected chi connectivity index (χ0v) is 22.4. The van der Waals surface area contributed by atoms with E-state index in [1.807, 2.05) is 0 Å². The van der Waals surface area contributed by atoms with Gasteiger partial charge in [-0.2, -0.15) is 0 Å². The van der Waals surface area contributed by atoms with Gasteiger partial charge in [0.05, 0.1) is 16.4 Å². The van der Waals surface area contributed by atoms with Crippen LogP contribution in [0.25, 0.3) is 5.57 Å². The van der Waals surface area contributed by atoms with Gasteiger partial charge in [-0.05, 0) is 64.3 Å². The lowest BCUT2D eigenvalue weighted by atomic mass is 9.98. The summed E-state index contributed by atoms with van der Waals surface area (Å²) in [7, 11) is 0. The molecular formula is C25H35N5O6S. The third-order valence-electron chi connectivity index (χ3n) is 6.40. The summed E-state index contributed by atoms with van der Waals surface area (Å²) in [6.45, 7) is 11.6. The minimum Gasteiger partial charge on any atom is -0.444 e. The summed E-state index contributed by atoms with van der Waals surface area (Å²) in [5.74, 6) is -0.490. The average molecular weight is 534 g/mol. The molecule has 202 valence electrons. The summed E-state index contributed by atoms with van der Waals surface area (Å²) in [6, 6.07) is 3.28. The van der Waals surface area contributed by atoms with Crippen LogP contribution in [-0.2, 0) is 14.3 Å². The van der Waals surface area contributed by atoms with Crippen LogP contribution in [0, 0.1) is 16.0 Å². The van der Waals surface area contributed by atoms with E-state index in [4.69, 9.17) is 4.74 Å². The molecule has 2 heterocycles. The van der Waals surface area contributed by atoms with Crippen molar-refractivity contribution < 1.29 is 24.0 Å². The number of benzene rings is 1. The summed E-state index contributed by atoms with van der Waals surface area (Å²) in [5.41, 5.74) is -0.644. The van der Waals surface area contributed by atoms with Crippen molar-refractivity contribution >= 4 is 41.8 Å². The number of nitrogens with zero attached hydrogens (tertiary/aromatic N) is 3. The number of piperidine rings is 1. The number of hydrogen-bond donors (Lipinski definition) is 3. The first-order chi connectivity index (χ1) is 17.4. The van der Waals surface area contributed by atoms with Crippen LogP contribution >= 0.6 is 12.6 Å². The molecule has 2 fully saturated rings. The van der Waals surface area contributed by atoms with Crippen molar-refractivity contribution in [1.29, 1.82) is 0 Å². The highest BCUT2D eigenvalue weighted by Gasteiger charge is 2.39. The molecule has 0 spiro atoms. The molecule has 0 bridgehead atoms. The van der Waals surface area contributed by atoms with Gasteiger partial charge >= 0.3 is 6.09 Å². The van der Waals surface area contributed by atoms with Crippen molar-refractivity contribution in [3.63, 3.8) is 0 Å². The van der Waals surface area contributed by atoms with Gasteiger partial charge < -0.3 is 20.3 Å². The van der Waals surface area contributed by atoms with Gasteiger partial charge in [0.2, 0.25) is 5.91 Å². The van der Waals surface area contributed by atoms with Crippen molar-refractivity contribution in [2.75, 3.05) is 39.3 Å². The number of carbonyl (C=O) groups is 3. The van der Waals surface area contributed by atoms with Crippen LogP contribution in [0.5, 0.6) is 0 Å². The maximum atomic E-state index is 13.3. The van der Waals surface area contributed by atoms with Crippen LogP contribution in [0.2, 0.25) is 0 Å². The Kier molecular flexibility index (Phi) is 9.19. The van der Waals surface area contributed by atoms with Gasteiger partial charge in [-0.3, -0.25) is 24.6 Å². The number of nitrogens with one attached hydrogen (secondary N) is 2. The number of carbonyl (C=O) groups excluding carboxylic acids is 3. The topological polar surface area (TPSA) is 134 Å². The van der Waals surface area contributed by atoms with E-state index < -0.39 is 28.6 Å². The molecule has 0 aliphatic carbocycles. The van der Waals surface area contributed by atoms with E-state index in [2.05, 4.69) is 29.8 Å². The Labute approximate surface area is 222 Å². The minimum absolute atomic E-state index is 0.0519. The van der Waals surface area contributed by atoms with E-state index in [0.29, 0.717) is 12.5 Å². The molecule has 12 heteroatoms. The fourth-order valence-electron chi connectivity index (χ4n) is 4.35. The molecule has 2 saturated heterocycles. The van der Waals surface area contributed by atoms with Crippen LogP contribution in [0.15, 0.2) is 29.7 Å². The Hall–Kier alpha value is -3.12. The third-order valence-corrected chi connectivity index (χ3v) is 6.78. The van der Waals surface area contributed by atoms with Gasteiger partial charge in [-0.25, -0.2) is 4.79 Å². The Balaban J connectivity index is 1.76. The van der Waals surface area contributed by atoms with Crippen molar-refractivity contribution in [3.8, 4) is 0 Å². The molecule has 11 nitrogen and oxygen atoms in total. The number of amides is 3. The van der Waals surface area contributed by atoms with Gasteiger partial charge in [-0.1, -0.05) is 12.6 Å². The molecule has 2 aliphatic rings. The summed E-state index contributed by atoms with van der Waals surface area (Å²) in [4.78, 5) is 53.2. The second-order valence-electron chi connectivity index (χ2n) is 10.3. The SMILES string of the molecule is C=C(C(=O)N1CCN(C(=O)OC(C)(C)C)C(C(=O)NCC2CCNCC2)C1)c1ccc(S)c([N+](=O)[O-])c1. The number of nitro groups is 1. The number of piperazine rings is 1. The number of rotatable bonds is 6. The molecular weight excluding hydrogens is 498 g/mol. The van der Waals surface area contributed by atoms with E-state index in [1.165, 1.54) is 28.0 Å². The van der Waals surface area contributed by atoms with Crippen LogP contribution in [-0.4, -0.2) is 83.5 Å². The van der Waals surface area contributed by atoms with Gasteiger partial charge in [0.1, 0.15) is 11.6 Å². The molecule has 2 aliphatic heterocycles. The minimum atomic E-state index is -0.948. The maximum Gasteiger partial charge on any atom is 0.411 e. The summed E-state index contributed by atoms with van der Waals surface area (Å²) in [5, 5.41) is 17.5. The lowest BCUT2D eigenvalue weighted by Crippen LogP contribution is -2.62. The van der Waals surface area contributed by atoms with Crippen molar-refractivity contribution in [3.05, 3.63) is 40.5 Å². The summed E-state index contributed by atoms with van der Waals surface area (Å²) < 4.78 is 5.52. The van der Waals surface area contributed by atoms with Gasteiger partial charge in [0.25, 0.3) is 11.6 Å². The molecule has 1 aromatic carbocycles. The quantitative estimate of drug-likeness (QED) is 0.221. The number of thiol groups is 1. The van der Waals surface area contributed by atoms with Gasteiger partial charge in [0, 0.05) is 31.3 Å². The average Bonchev–Trinajstić information content (AvgIpc) is 2.85. The normalized spacial score (nSPS) is 18.8. The fraction of sp³-hybridized carbons (Fsp3) is 0.560. The Morgan fingerprint density at radius 1 is 1.24 bits per heavy atom. The first kappa shape index (κ1) is 28.5. The predicted octanol–water partition coefficient (Wildman–Crippen LogP) is 2.46. The Morgan fingerprint density at radius 2 is 1.92 bits per heavy atom. The van der Waals surface area contributed by atoms with Crippen LogP contribution in [0.3, 0.4) is 0 Å². The molecule has 1 aromatic rings. The first-order valence-corrected chi connectivity index (χ1v) is 12.8. The third kappa shape index (κ3) is 7.45. The number of ether oxygens (including phenoxy) is 1. The van der Waals surface area contributed by atoms with E-state index in [9.17, 15) is 24.5 Å². The number of hydrogen-bond acceptors (Lipinski definition) is 8. The Bertz CT molecular complexity index is 1070. The zero-order valence-electron chi connectivity index (χ0n) is 21.5. The summed E-state index contributed by atoms with van der Waals surface area (Å²) >= 11 is 4.09. The smallest absolute Gasteiger partial charge is 0.411 e. The maximum absolute atomic E-state index is 13.3. The first-order valence-electron chi connectivity index (χ1n) is 12.3. The van der Waals surface area contributed by atoms with Crippen LogP contribution < -0.4 is 10.6 Å². The van der Waals surface area contributed by atoms with Crippen molar-refractivity contribution in [2.24, 2.45) is 5.92 Å². The Morgan fingerprint density at radius 3 is 2.54 bits per heavy atom. The largest absolute Gasteiger partial charge is 0.444 e. The van der Waals surface area contributed by atoms with Crippen molar-refractivity contribution in [2.45, 2.75) is 50.2 Å². The highest BCUT2D eigenvalue weighted by atomic mass is 32.1. The molecule has 3 amide bonds. The fourth-order valence-corrected chi connectivity index (χ4v) is 4.57. The number of nitro benzene ring substituents is 1. The second kappa shape index (κ2) is 12.0. The summed E-state index contributed by atoms with van der Waals surface area (Å²) in [6.07, 6.45) is 1.27. The van der Waals surface area contributed by atoms with Gasteiger partial charge in [0.15, 0.2) is 0 Å². The van der Waals surface area contributed by atoms with Crippen molar-refractivity contribution in [1.82, 2.24) is 20.4 Å². The lowest BCUT2D eigenvalue weighted by molar-refractivity contribution is -0.387.